The Labute approximate surface area is 423 Å². The minimum absolute atomic E-state index is 0.340. The quantitative estimate of drug-likeness (QED) is 0.0905. The lowest BCUT2D eigenvalue weighted by Gasteiger charge is -2.10. The van der Waals surface area contributed by atoms with Crippen LogP contribution in [0.1, 0.15) is 126 Å². The number of fused-ring (bicyclic) bond motifs is 2. The van der Waals surface area contributed by atoms with E-state index in [9.17, 15) is 0 Å². The Morgan fingerprint density at radius 2 is 0.788 bits per heavy atom. The molecule has 0 unspecified atom stereocenters. The summed E-state index contributed by atoms with van der Waals surface area (Å²) >= 11 is 14.1. The normalized spacial score (nSPS) is 12.5. The molecule has 0 nitrogen and oxygen atoms in total. The molecule has 0 aliphatic rings. The Hall–Kier alpha value is -2.80. The minimum Gasteiger partial charge on any atom is -0.205 e. The maximum absolute atomic E-state index is 16.4. The van der Waals surface area contributed by atoms with Crippen molar-refractivity contribution in [1.29, 1.82) is 0 Å². The Morgan fingerprint density at radius 1 is 0.364 bits per heavy atom. The fraction of sp³-hybridized carbons (Fsp3) is 0.393. The molecule has 8 aromatic heterocycles. The molecule has 0 atom stereocenters. The summed E-state index contributed by atoms with van der Waals surface area (Å²) in [6.45, 7) is 27.3. The van der Waals surface area contributed by atoms with Gasteiger partial charge < -0.3 is 0 Å². The molecule has 0 spiro atoms. The Balaban J connectivity index is 1.19. The first kappa shape index (κ1) is 48.2. The average Bonchev–Trinajstić information content (AvgIpc) is 4.08. The highest BCUT2D eigenvalue weighted by molar-refractivity contribution is 7.31. The largest absolute Gasteiger partial charge is 0.205 e. The summed E-state index contributed by atoms with van der Waals surface area (Å²) in [5.74, 6) is 2.22. The van der Waals surface area contributed by atoms with Gasteiger partial charge >= 0.3 is 0 Å². The fourth-order valence-corrected chi connectivity index (χ4v) is 19.0. The van der Waals surface area contributed by atoms with E-state index < -0.39 is 0 Å². The van der Waals surface area contributed by atoms with Crippen molar-refractivity contribution in [2.24, 2.45) is 23.7 Å². The highest BCUT2D eigenvalue weighted by Crippen LogP contribution is 2.56. The second kappa shape index (κ2) is 19.5. The van der Waals surface area contributed by atoms with E-state index in [1.165, 1.54) is 104 Å². The summed E-state index contributed by atoms with van der Waals surface area (Å²) in [7, 11) is 0. The monoisotopic (exact) mass is 1030 g/mol. The topological polar surface area (TPSA) is 0 Å². The summed E-state index contributed by atoms with van der Waals surface area (Å²) < 4.78 is 35.3. The zero-order chi connectivity index (χ0) is 46.9. The van der Waals surface area contributed by atoms with Gasteiger partial charge in [-0.15, -0.1) is 90.7 Å². The number of hydrogen-bond donors (Lipinski definition) is 0. The van der Waals surface area contributed by atoms with Gasteiger partial charge in [-0.3, -0.25) is 0 Å². The summed E-state index contributed by atoms with van der Waals surface area (Å²) in [5.41, 5.74) is 5.23. The molecule has 10 heteroatoms. The molecular weight excluding hydrogens is 967 g/mol. The van der Waals surface area contributed by atoms with E-state index in [4.69, 9.17) is 0 Å². The molecule has 0 amide bonds. The molecule has 0 aliphatic carbocycles. The molecule has 9 rings (SSSR count). The zero-order valence-electron chi connectivity index (χ0n) is 40.1. The highest BCUT2D eigenvalue weighted by Gasteiger charge is 2.28. The van der Waals surface area contributed by atoms with Crippen LogP contribution in [0.4, 0.5) is 8.78 Å². The fourth-order valence-electron chi connectivity index (χ4n) is 8.89. The van der Waals surface area contributed by atoms with Crippen LogP contribution in [0.3, 0.4) is 0 Å². The minimum atomic E-state index is -0.346. The van der Waals surface area contributed by atoms with Gasteiger partial charge in [0.25, 0.3) is 0 Å². The molecule has 346 valence electrons. The molecule has 9 aromatic rings. The standard InChI is InChI=1S/C56H60F2S8/c1-27(2)17-33-21-43(31(9)10)61-51(33)47-25-39(57)55(65-47)56-40(58)26-48(66-56)52-34(18-28(3)4)22-45(63-52)46-24-38-50(42-16-14-36(60-42)20-30(7)8)53-37(23-44(62-53)32(11)12)49(54(38)64-46)41-15-13-35(59-41)19-29(5)6/h13-16,21-32H,17-20H2,1-12H3. The van der Waals surface area contributed by atoms with Crippen LogP contribution in [0, 0.1) is 35.3 Å². The van der Waals surface area contributed by atoms with E-state index in [0.717, 1.165) is 45.2 Å². The summed E-state index contributed by atoms with van der Waals surface area (Å²) in [5, 5.41) is 2.69. The first-order valence-corrected chi connectivity index (χ1v) is 30.0. The molecule has 0 radical (unpaired) electrons. The Kier molecular flexibility index (Phi) is 14.3. The van der Waals surface area contributed by atoms with Crippen molar-refractivity contribution in [3.63, 3.8) is 0 Å². The predicted octanol–water partition coefficient (Wildman–Crippen LogP) is 21.8. The number of benzene rings is 1. The van der Waals surface area contributed by atoms with Gasteiger partial charge in [0.05, 0.1) is 9.75 Å². The molecular formula is C56H60F2S8. The molecule has 8 heterocycles. The number of hydrogen-bond acceptors (Lipinski definition) is 8. The molecule has 0 N–H and O–H groups in total. The summed E-state index contributed by atoms with van der Waals surface area (Å²) in [6.07, 6.45) is 3.97. The molecule has 0 fully saturated rings. The van der Waals surface area contributed by atoms with E-state index >= 15 is 8.78 Å². The van der Waals surface area contributed by atoms with Gasteiger partial charge in [-0.25, -0.2) is 8.78 Å². The molecule has 0 saturated carbocycles. The van der Waals surface area contributed by atoms with Crippen molar-refractivity contribution in [3.8, 4) is 59.9 Å². The van der Waals surface area contributed by atoms with Crippen LogP contribution >= 0.6 is 90.7 Å². The van der Waals surface area contributed by atoms with Crippen molar-refractivity contribution in [2.45, 2.75) is 121 Å². The SMILES string of the molecule is CC(C)Cc1ccc(-c2c3cc(C(C)C)sc3c(-c3ccc(CC(C)C)s3)c3cc(-c4cc(CC(C)C)c(-c5cc(F)c(-c6sc(-c7sc(C(C)C)cc7CC(C)C)cc6F)s5)s4)sc23)s1. The van der Waals surface area contributed by atoms with Gasteiger partial charge in [-0.2, -0.15) is 0 Å². The van der Waals surface area contributed by atoms with Crippen LogP contribution in [0.15, 0.2) is 60.7 Å². The van der Waals surface area contributed by atoms with E-state index in [1.54, 1.807) is 34.8 Å². The van der Waals surface area contributed by atoms with E-state index in [1.807, 2.05) is 45.3 Å². The number of thiophene rings is 8. The summed E-state index contributed by atoms with van der Waals surface area (Å²) in [6, 6.07) is 22.4. The van der Waals surface area contributed by atoms with Gasteiger partial charge in [0.15, 0.2) is 0 Å². The van der Waals surface area contributed by atoms with Crippen LogP contribution in [0.2, 0.25) is 0 Å². The zero-order valence-corrected chi connectivity index (χ0v) is 46.6. The second-order valence-corrected chi connectivity index (χ2v) is 29.0. The number of halogens is 2. The molecule has 1 aromatic carbocycles. The molecule has 0 bridgehead atoms. The Bertz CT molecular complexity index is 3050. The highest BCUT2D eigenvalue weighted by atomic mass is 32.1. The molecule has 0 aliphatic heterocycles. The third-order valence-electron chi connectivity index (χ3n) is 11.8. The van der Waals surface area contributed by atoms with Crippen molar-refractivity contribution in [3.05, 3.63) is 103 Å². The van der Waals surface area contributed by atoms with E-state index in [2.05, 4.69) is 132 Å². The first-order valence-electron chi connectivity index (χ1n) is 23.5. The van der Waals surface area contributed by atoms with Gasteiger partial charge in [-0.05, 0) is 133 Å². The van der Waals surface area contributed by atoms with Crippen molar-refractivity contribution in [2.75, 3.05) is 0 Å². The predicted molar refractivity (Wildman–Crippen MR) is 299 cm³/mol. The van der Waals surface area contributed by atoms with Crippen molar-refractivity contribution >= 4 is 111 Å². The molecule has 0 saturated heterocycles. The van der Waals surface area contributed by atoms with Crippen molar-refractivity contribution < 1.29 is 8.78 Å². The van der Waals surface area contributed by atoms with E-state index in [0.29, 0.717) is 45.3 Å². The third-order valence-corrected chi connectivity index (χ3v) is 22.3. The van der Waals surface area contributed by atoms with Crippen LogP contribution in [0.5, 0.6) is 0 Å². The van der Waals surface area contributed by atoms with Gasteiger partial charge in [0.1, 0.15) is 11.6 Å². The smallest absolute Gasteiger partial charge is 0.143 e. The van der Waals surface area contributed by atoms with Crippen molar-refractivity contribution in [1.82, 2.24) is 0 Å². The van der Waals surface area contributed by atoms with Crippen LogP contribution in [0.25, 0.3) is 80.1 Å². The van der Waals surface area contributed by atoms with Gasteiger partial charge in [0.2, 0.25) is 0 Å². The lowest BCUT2D eigenvalue weighted by molar-refractivity contribution is 0.624. The van der Waals surface area contributed by atoms with Crippen LogP contribution in [-0.4, -0.2) is 0 Å². The average molecular weight is 1030 g/mol. The first-order chi connectivity index (χ1) is 31.4. The third kappa shape index (κ3) is 9.70. The number of rotatable bonds is 16. The van der Waals surface area contributed by atoms with Gasteiger partial charge in [-0.1, -0.05) is 83.1 Å². The summed E-state index contributed by atoms with van der Waals surface area (Å²) in [4.78, 5) is 15.5. The molecule has 66 heavy (non-hydrogen) atoms. The lowest BCUT2D eigenvalue weighted by atomic mass is 9.99. The Morgan fingerprint density at radius 3 is 1.29 bits per heavy atom. The maximum atomic E-state index is 16.4. The second-order valence-electron chi connectivity index (χ2n) is 20.3. The van der Waals surface area contributed by atoms with Gasteiger partial charge in [0, 0.05) is 89.8 Å². The lowest BCUT2D eigenvalue weighted by Crippen LogP contribution is -1.93. The van der Waals surface area contributed by atoms with Crippen LogP contribution < -0.4 is 0 Å². The van der Waals surface area contributed by atoms with E-state index in [-0.39, 0.29) is 11.6 Å². The maximum Gasteiger partial charge on any atom is 0.143 e. The van der Waals surface area contributed by atoms with Crippen LogP contribution in [-0.2, 0) is 25.7 Å².